The number of hydrogen-bond acceptors (Lipinski definition) is 4. The Morgan fingerprint density at radius 3 is 2.93 bits per heavy atom. The molecule has 3 nitrogen and oxygen atoms in total. The number of thiazole rings is 1. The standard InChI is InChI=1S/C9H7FN2OS/c10-9-2-1-7(3-12-9)13-5-8-4-11-6-14-8/h1-4,6H,5H2. The lowest BCUT2D eigenvalue weighted by Gasteiger charge is -2.02. The number of ether oxygens (including phenoxy) is 1. The van der Waals surface area contributed by atoms with E-state index in [1.165, 1.54) is 23.6 Å². The van der Waals surface area contributed by atoms with Gasteiger partial charge in [-0.1, -0.05) is 0 Å². The molecule has 0 spiro atoms. The second kappa shape index (κ2) is 4.15. The highest BCUT2D eigenvalue weighted by atomic mass is 32.1. The number of halogens is 1. The van der Waals surface area contributed by atoms with E-state index in [-0.39, 0.29) is 0 Å². The molecule has 2 aromatic rings. The average molecular weight is 210 g/mol. The molecule has 14 heavy (non-hydrogen) atoms. The quantitative estimate of drug-likeness (QED) is 0.729. The first-order valence-corrected chi connectivity index (χ1v) is 4.84. The molecule has 0 aliphatic heterocycles. The van der Waals surface area contributed by atoms with Crippen molar-refractivity contribution in [3.8, 4) is 5.75 Å². The van der Waals surface area contributed by atoms with Gasteiger partial charge in [0, 0.05) is 6.20 Å². The van der Waals surface area contributed by atoms with Crippen molar-refractivity contribution in [2.75, 3.05) is 0 Å². The summed E-state index contributed by atoms with van der Waals surface area (Å²) >= 11 is 1.51. The Kier molecular flexibility index (Phi) is 2.69. The van der Waals surface area contributed by atoms with Crippen LogP contribution in [0.15, 0.2) is 30.0 Å². The maximum Gasteiger partial charge on any atom is 0.213 e. The van der Waals surface area contributed by atoms with Gasteiger partial charge in [0.2, 0.25) is 5.95 Å². The number of rotatable bonds is 3. The van der Waals surface area contributed by atoms with Gasteiger partial charge in [-0.05, 0) is 12.1 Å². The second-order valence-corrected chi connectivity index (χ2v) is 3.54. The van der Waals surface area contributed by atoms with E-state index in [1.54, 1.807) is 17.8 Å². The first-order chi connectivity index (χ1) is 6.84. The van der Waals surface area contributed by atoms with Gasteiger partial charge in [-0.15, -0.1) is 11.3 Å². The summed E-state index contributed by atoms with van der Waals surface area (Å²) in [6.07, 6.45) is 3.10. The Morgan fingerprint density at radius 2 is 2.29 bits per heavy atom. The minimum Gasteiger partial charge on any atom is -0.486 e. The molecule has 0 radical (unpaired) electrons. The van der Waals surface area contributed by atoms with Crippen LogP contribution in [0.2, 0.25) is 0 Å². The van der Waals surface area contributed by atoms with Gasteiger partial charge in [0.15, 0.2) is 0 Å². The lowest BCUT2D eigenvalue weighted by atomic mass is 10.4. The van der Waals surface area contributed by atoms with E-state index < -0.39 is 5.95 Å². The molecule has 0 N–H and O–H groups in total. The van der Waals surface area contributed by atoms with E-state index in [9.17, 15) is 4.39 Å². The van der Waals surface area contributed by atoms with Gasteiger partial charge in [0.05, 0.1) is 16.6 Å². The van der Waals surface area contributed by atoms with Crippen molar-refractivity contribution in [2.45, 2.75) is 6.61 Å². The number of pyridine rings is 1. The largest absolute Gasteiger partial charge is 0.486 e. The Hall–Kier alpha value is -1.49. The molecule has 0 atom stereocenters. The molecule has 5 heteroatoms. The van der Waals surface area contributed by atoms with Crippen molar-refractivity contribution in [2.24, 2.45) is 0 Å². The van der Waals surface area contributed by atoms with Crippen molar-refractivity contribution in [3.05, 3.63) is 40.9 Å². The smallest absolute Gasteiger partial charge is 0.213 e. The van der Waals surface area contributed by atoms with Crippen LogP contribution in [0.1, 0.15) is 4.88 Å². The Labute approximate surface area is 84.2 Å². The summed E-state index contributed by atoms with van der Waals surface area (Å²) in [5.74, 6) is 0.0509. The third kappa shape index (κ3) is 2.26. The van der Waals surface area contributed by atoms with Crippen LogP contribution in [0.4, 0.5) is 4.39 Å². The molecule has 0 amide bonds. The Morgan fingerprint density at radius 1 is 1.36 bits per heavy atom. The zero-order valence-corrected chi connectivity index (χ0v) is 8.00. The summed E-state index contributed by atoms with van der Waals surface area (Å²) in [7, 11) is 0. The zero-order valence-electron chi connectivity index (χ0n) is 7.18. The molecule has 0 aromatic carbocycles. The molecule has 2 heterocycles. The van der Waals surface area contributed by atoms with Crippen LogP contribution in [0.5, 0.6) is 5.75 Å². The summed E-state index contributed by atoms with van der Waals surface area (Å²) in [5.41, 5.74) is 1.74. The van der Waals surface area contributed by atoms with Gasteiger partial charge in [-0.2, -0.15) is 4.39 Å². The monoisotopic (exact) mass is 210 g/mol. The van der Waals surface area contributed by atoms with Gasteiger partial charge >= 0.3 is 0 Å². The molecule has 0 unspecified atom stereocenters. The fourth-order valence-electron chi connectivity index (χ4n) is 0.915. The van der Waals surface area contributed by atoms with Crippen LogP contribution in [0.3, 0.4) is 0 Å². The third-order valence-electron chi connectivity index (χ3n) is 1.56. The lowest BCUT2D eigenvalue weighted by Crippen LogP contribution is -1.93. The van der Waals surface area contributed by atoms with Crippen molar-refractivity contribution < 1.29 is 9.13 Å². The lowest BCUT2D eigenvalue weighted by molar-refractivity contribution is 0.307. The molecular formula is C9H7FN2OS. The minimum absolute atomic E-state index is 0.442. The van der Waals surface area contributed by atoms with E-state index in [0.29, 0.717) is 12.4 Å². The summed E-state index contributed by atoms with van der Waals surface area (Å²) in [6.45, 7) is 0.442. The van der Waals surface area contributed by atoms with Crippen molar-refractivity contribution >= 4 is 11.3 Å². The first-order valence-electron chi connectivity index (χ1n) is 3.96. The topological polar surface area (TPSA) is 35.0 Å². The van der Waals surface area contributed by atoms with Crippen molar-refractivity contribution in [1.29, 1.82) is 0 Å². The highest BCUT2D eigenvalue weighted by Crippen LogP contribution is 2.13. The molecule has 0 bridgehead atoms. The molecule has 2 aromatic heterocycles. The van der Waals surface area contributed by atoms with Crippen LogP contribution in [0, 0.1) is 5.95 Å². The molecular weight excluding hydrogens is 203 g/mol. The molecule has 0 fully saturated rings. The maximum absolute atomic E-state index is 12.4. The molecule has 0 saturated carbocycles. The minimum atomic E-state index is -0.504. The number of hydrogen-bond donors (Lipinski definition) is 0. The average Bonchev–Trinajstić information content (AvgIpc) is 2.70. The highest BCUT2D eigenvalue weighted by Gasteiger charge is 1.98. The predicted molar refractivity (Wildman–Crippen MR) is 50.6 cm³/mol. The van der Waals surface area contributed by atoms with Gasteiger partial charge < -0.3 is 4.74 Å². The number of aromatic nitrogens is 2. The van der Waals surface area contributed by atoms with Gasteiger partial charge in [0.25, 0.3) is 0 Å². The van der Waals surface area contributed by atoms with Crippen LogP contribution in [-0.4, -0.2) is 9.97 Å². The number of nitrogens with zero attached hydrogens (tertiary/aromatic N) is 2. The van der Waals surface area contributed by atoms with Crippen LogP contribution < -0.4 is 4.74 Å². The van der Waals surface area contributed by atoms with Crippen LogP contribution in [0.25, 0.3) is 0 Å². The molecule has 0 saturated heterocycles. The fourth-order valence-corrected chi connectivity index (χ4v) is 1.42. The summed E-state index contributed by atoms with van der Waals surface area (Å²) in [4.78, 5) is 8.41. The normalized spacial score (nSPS) is 10.1. The van der Waals surface area contributed by atoms with E-state index in [2.05, 4.69) is 9.97 Å². The highest BCUT2D eigenvalue weighted by molar-refractivity contribution is 7.09. The van der Waals surface area contributed by atoms with E-state index in [4.69, 9.17) is 4.74 Å². The van der Waals surface area contributed by atoms with Gasteiger partial charge in [-0.3, -0.25) is 4.98 Å². The maximum atomic E-state index is 12.4. The molecule has 2 rings (SSSR count). The van der Waals surface area contributed by atoms with E-state index in [1.807, 2.05) is 0 Å². The molecule has 72 valence electrons. The molecule has 0 aliphatic carbocycles. The van der Waals surface area contributed by atoms with Gasteiger partial charge in [-0.25, -0.2) is 4.98 Å². The summed E-state index contributed by atoms with van der Waals surface area (Å²) in [5, 5.41) is 0. The second-order valence-electron chi connectivity index (χ2n) is 2.57. The van der Waals surface area contributed by atoms with Gasteiger partial charge in [0.1, 0.15) is 12.4 Å². The van der Waals surface area contributed by atoms with Crippen molar-refractivity contribution in [1.82, 2.24) is 9.97 Å². The third-order valence-corrected chi connectivity index (χ3v) is 2.32. The summed E-state index contributed by atoms with van der Waals surface area (Å²) in [6, 6.07) is 2.81. The zero-order chi connectivity index (χ0) is 9.80. The first kappa shape index (κ1) is 9.08. The fraction of sp³-hybridized carbons (Fsp3) is 0.111. The van der Waals surface area contributed by atoms with Crippen LogP contribution >= 0.6 is 11.3 Å². The van der Waals surface area contributed by atoms with Crippen molar-refractivity contribution in [3.63, 3.8) is 0 Å². The Balaban J connectivity index is 1.95. The van der Waals surface area contributed by atoms with E-state index >= 15 is 0 Å². The van der Waals surface area contributed by atoms with E-state index in [0.717, 1.165) is 4.88 Å². The van der Waals surface area contributed by atoms with Crippen LogP contribution in [-0.2, 0) is 6.61 Å². The predicted octanol–water partition coefficient (Wildman–Crippen LogP) is 2.26. The molecule has 0 aliphatic rings. The SMILES string of the molecule is Fc1ccc(OCc2cncs2)cn1. The Bertz CT molecular complexity index is 388. The summed E-state index contributed by atoms with van der Waals surface area (Å²) < 4.78 is 17.8.